The third kappa shape index (κ3) is 3.46. The maximum absolute atomic E-state index is 11.4. The normalized spacial score (nSPS) is 10.3. The molecule has 0 radical (unpaired) electrons. The molecule has 2 heterocycles. The second-order valence-corrected chi connectivity index (χ2v) is 5.16. The van der Waals surface area contributed by atoms with Crippen LogP contribution >= 0.6 is 22.9 Å². The van der Waals surface area contributed by atoms with E-state index in [0.717, 1.165) is 5.69 Å². The van der Waals surface area contributed by atoms with Crippen LogP contribution in [0.5, 0.6) is 5.75 Å². The third-order valence-corrected chi connectivity index (χ3v) is 3.76. The second kappa shape index (κ2) is 6.67. The van der Waals surface area contributed by atoms with Gasteiger partial charge < -0.3 is 4.74 Å². The minimum absolute atomic E-state index is 0.0235. The van der Waals surface area contributed by atoms with E-state index in [-0.39, 0.29) is 12.5 Å². The summed E-state index contributed by atoms with van der Waals surface area (Å²) in [5.74, 6) is 0.493. The maximum atomic E-state index is 11.4. The van der Waals surface area contributed by atoms with Gasteiger partial charge in [0.2, 0.25) is 5.91 Å². The minimum atomic E-state index is -0.0235. The lowest BCUT2D eigenvalue weighted by Crippen LogP contribution is -2.27. The van der Waals surface area contributed by atoms with E-state index < -0.39 is 0 Å². The summed E-state index contributed by atoms with van der Waals surface area (Å²) in [6, 6.07) is 3.50. The van der Waals surface area contributed by atoms with E-state index >= 15 is 0 Å². The second-order valence-electron chi connectivity index (χ2n) is 3.97. The molecule has 2 aromatic heterocycles. The van der Waals surface area contributed by atoms with Crippen LogP contribution in [0.2, 0.25) is 5.15 Å². The molecule has 106 valence electrons. The van der Waals surface area contributed by atoms with E-state index in [1.807, 2.05) is 12.3 Å². The minimum Gasteiger partial charge on any atom is -0.484 e. The van der Waals surface area contributed by atoms with Crippen LogP contribution in [0.3, 0.4) is 0 Å². The van der Waals surface area contributed by atoms with Crippen molar-refractivity contribution in [1.29, 1.82) is 0 Å². The quantitative estimate of drug-likeness (QED) is 0.796. The summed E-state index contributed by atoms with van der Waals surface area (Å²) in [6.45, 7) is 4.32. The van der Waals surface area contributed by atoms with Gasteiger partial charge in [0.15, 0.2) is 16.0 Å². The summed E-state index contributed by atoms with van der Waals surface area (Å²) in [5, 5.41) is 2.86. The van der Waals surface area contributed by atoms with Gasteiger partial charge in [0.05, 0.1) is 5.69 Å². The van der Waals surface area contributed by atoms with E-state index in [1.54, 1.807) is 23.2 Å². The molecule has 0 aliphatic carbocycles. The Morgan fingerprint density at radius 3 is 3.00 bits per heavy atom. The largest absolute Gasteiger partial charge is 0.484 e. The molecule has 0 atom stereocenters. The van der Waals surface area contributed by atoms with Crippen molar-refractivity contribution >= 4 is 34.0 Å². The Hall–Kier alpha value is -1.66. The van der Waals surface area contributed by atoms with Crippen molar-refractivity contribution in [3.63, 3.8) is 0 Å². The van der Waals surface area contributed by atoms with Gasteiger partial charge in [0.25, 0.3) is 0 Å². The molecule has 2 rings (SSSR count). The number of amides is 1. The van der Waals surface area contributed by atoms with E-state index in [1.165, 1.54) is 18.3 Å². The van der Waals surface area contributed by atoms with Crippen molar-refractivity contribution in [2.75, 3.05) is 11.4 Å². The van der Waals surface area contributed by atoms with Gasteiger partial charge in [-0.25, -0.2) is 9.97 Å². The summed E-state index contributed by atoms with van der Waals surface area (Å²) in [5.41, 5.74) is 0.754. The van der Waals surface area contributed by atoms with Crippen LogP contribution in [0, 0.1) is 0 Å². The number of aromatic nitrogens is 2. The smallest absolute Gasteiger partial charge is 0.225 e. The third-order valence-electron chi connectivity index (χ3n) is 2.57. The van der Waals surface area contributed by atoms with Crippen molar-refractivity contribution in [1.82, 2.24) is 9.97 Å². The molecule has 7 heteroatoms. The van der Waals surface area contributed by atoms with Gasteiger partial charge in [-0.15, -0.1) is 11.3 Å². The number of ether oxygens (including phenoxy) is 1. The highest BCUT2D eigenvalue weighted by Gasteiger charge is 2.13. The van der Waals surface area contributed by atoms with Crippen LogP contribution in [0.25, 0.3) is 0 Å². The number of carbonyl (C=O) groups excluding carboxylic acids is 1. The number of halogens is 1. The molecule has 0 saturated heterocycles. The summed E-state index contributed by atoms with van der Waals surface area (Å²) < 4.78 is 5.56. The van der Waals surface area contributed by atoms with Crippen molar-refractivity contribution < 1.29 is 9.53 Å². The summed E-state index contributed by atoms with van der Waals surface area (Å²) in [4.78, 5) is 21.4. The molecule has 0 fully saturated rings. The number of hydrogen-bond donors (Lipinski definition) is 0. The molecule has 2 aromatic rings. The van der Waals surface area contributed by atoms with Crippen LogP contribution in [-0.4, -0.2) is 22.4 Å². The van der Waals surface area contributed by atoms with Gasteiger partial charge in [-0.1, -0.05) is 11.6 Å². The topological polar surface area (TPSA) is 55.3 Å². The zero-order valence-corrected chi connectivity index (χ0v) is 12.7. The van der Waals surface area contributed by atoms with Gasteiger partial charge in [-0.05, 0) is 19.1 Å². The van der Waals surface area contributed by atoms with E-state index in [4.69, 9.17) is 16.3 Å². The van der Waals surface area contributed by atoms with Gasteiger partial charge in [0, 0.05) is 25.0 Å². The molecule has 0 aliphatic rings. The summed E-state index contributed by atoms with van der Waals surface area (Å²) in [7, 11) is 0. The first-order valence-electron chi connectivity index (χ1n) is 6.07. The molecule has 0 aliphatic heterocycles. The van der Waals surface area contributed by atoms with Crippen molar-refractivity contribution in [3.8, 4) is 5.75 Å². The lowest BCUT2D eigenvalue weighted by atomic mass is 10.4. The van der Waals surface area contributed by atoms with E-state index in [9.17, 15) is 4.79 Å². The fourth-order valence-electron chi connectivity index (χ4n) is 1.61. The molecule has 0 N–H and O–H groups in total. The number of anilines is 1. The number of thiazole rings is 1. The Balaban J connectivity index is 2.03. The molecule has 0 aromatic carbocycles. The number of nitrogens with zero attached hydrogens (tertiary/aromatic N) is 3. The predicted molar refractivity (Wildman–Crippen MR) is 79.4 cm³/mol. The Morgan fingerprint density at radius 1 is 1.55 bits per heavy atom. The summed E-state index contributed by atoms with van der Waals surface area (Å²) >= 11 is 7.32. The number of carbonyl (C=O) groups is 1. The van der Waals surface area contributed by atoms with Crippen molar-refractivity contribution in [3.05, 3.63) is 34.6 Å². The van der Waals surface area contributed by atoms with E-state index in [0.29, 0.717) is 22.6 Å². The highest BCUT2D eigenvalue weighted by molar-refractivity contribution is 7.14. The Labute approximate surface area is 126 Å². The highest BCUT2D eigenvalue weighted by atomic mass is 35.5. The summed E-state index contributed by atoms with van der Waals surface area (Å²) in [6.07, 6.45) is 1.60. The van der Waals surface area contributed by atoms with Gasteiger partial charge in [0.1, 0.15) is 6.61 Å². The monoisotopic (exact) mass is 311 g/mol. The lowest BCUT2D eigenvalue weighted by Gasteiger charge is -2.14. The van der Waals surface area contributed by atoms with Gasteiger partial charge >= 0.3 is 0 Å². The maximum Gasteiger partial charge on any atom is 0.225 e. The van der Waals surface area contributed by atoms with Gasteiger partial charge in [-0.3, -0.25) is 9.69 Å². The Morgan fingerprint density at radius 2 is 2.35 bits per heavy atom. The molecule has 0 saturated carbocycles. The molecular formula is C13H14ClN3O2S. The van der Waals surface area contributed by atoms with Crippen molar-refractivity contribution in [2.24, 2.45) is 0 Å². The lowest BCUT2D eigenvalue weighted by molar-refractivity contribution is -0.116. The van der Waals surface area contributed by atoms with Crippen LogP contribution in [0.15, 0.2) is 23.7 Å². The fraction of sp³-hybridized carbons (Fsp3) is 0.308. The number of rotatable bonds is 5. The average molecular weight is 312 g/mol. The van der Waals surface area contributed by atoms with Crippen LogP contribution in [0.1, 0.15) is 19.5 Å². The SMILES string of the molecule is CCN(C(C)=O)c1nc(COc2cccnc2Cl)cs1. The average Bonchev–Trinajstić information content (AvgIpc) is 2.87. The molecule has 0 spiro atoms. The molecule has 20 heavy (non-hydrogen) atoms. The first-order chi connectivity index (χ1) is 9.61. The molecule has 5 nitrogen and oxygen atoms in total. The van der Waals surface area contributed by atoms with Crippen LogP contribution in [0.4, 0.5) is 5.13 Å². The predicted octanol–water partition coefficient (Wildman–Crippen LogP) is 3.14. The standard InChI is InChI=1S/C13H14ClN3O2S/c1-3-17(9(2)18)13-16-10(8-20-13)7-19-11-5-4-6-15-12(11)14/h4-6,8H,3,7H2,1-2H3. The highest BCUT2D eigenvalue weighted by Crippen LogP contribution is 2.24. The van der Waals surface area contributed by atoms with Gasteiger partial charge in [-0.2, -0.15) is 0 Å². The van der Waals surface area contributed by atoms with Crippen molar-refractivity contribution in [2.45, 2.75) is 20.5 Å². The zero-order chi connectivity index (χ0) is 14.5. The first-order valence-corrected chi connectivity index (χ1v) is 7.33. The fourth-order valence-corrected chi connectivity index (χ4v) is 2.70. The number of pyridine rings is 1. The van der Waals surface area contributed by atoms with E-state index in [2.05, 4.69) is 9.97 Å². The zero-order valence-electron chi connectivity index (χ0n) is 11.2. The molecule has 0 bridgehead atoms. The first kappa shape index (κ1) is 14.7. The number of hydrogen-bond acceptors (Lipinski definition) is 5. The molecule has 0 unspecified atom stereocenters. The Kier molecular flexibility index (Phi) is 4.92. The Bertz CT molecular complexity index is 603. The molecular weight excluding hydrogens is 298 g/mol. The van der Waals surface area contributed by atoms with Crippen LogP contribution < -0.4 is 9.64 Å². The molecule has 1 amide bonds. The van der Waals surface area contributed by atoms with Crippen LogP contribution in [-0.2, 0) is 11.4 Å².